The van der Waals surface area contributed by atoms with Crippen LogP contribution in [0.3, 0.4) is 0 Å². The molecule has 2 aromatic rings. The van der Waals surface area contributed by atoms with E-state index < -0.39 is 22.5 Å². The van der Waals surface area contributed by atoms with Crippen LogP contribution < -0.4 is 15.0 Å². The second-order valence-electron chi connectivity index (χ2n) is 8.36. The Bertz CT molecular complexity index is 1010. The number of carbonyl (C=O) groups excluding carboxylic acids is 1. The van der Waals surface area contributed by atoms with Crippen molar-refractivity contribution < 1.29 is 27.4 Å². The minimum Gasteiger partial charge on any atom is -0.494 e. The van der Waals surface area contributed by atoms with Crippen LogP contribution in [0, 0.1) is 0 Å². The molecule has 0 aliphatic carbocycles. The van der Waals surface area contributed by atoms with Gasteiger partial charge in [0.15, 0.2) is 0 Å². The molecule has 1 aliphatic heterocycles. The Kier molecular flexibility index (Phi) is 7.11. The number of halogens is 4. The summed E-state index contributed by atoms with van der Waals surface area (Å²) in [4.78, 5) is 23.4. The van der Waals surface area contributed by atoms with Gasteiger partial charge in [-0.3, -0.25) is 0 Å². The first-order valence-corrected chi connectivity index (χ1v) is 10.5. The highest BCUT2D eigenvalue weighted by Gasteiger charge is 2.34. The highest BCUT2D eigenvalue weighted by Crippen LogP contribution is 2.35. The van der Waals surface area contributed by atoms with Gasteiger partial charge in [0.2, 0.25) is 5.95 Å². The number of methoxy groups -OCH3 is 1. The number of nitrogens with one attached hydrogen (secondary N) is 1. The van der Waals surface area contributed by atoms with E-state index in [1.165, 1.54) is 7.11 Å². The Hall–Kier alpha value is -2.95. The summed E-state index contributed by atoms with van der Waals surface area (Å²) in [7, 11) is 1.48. The fourth-order valence-corrected chi connectivity index (χ4v) is 3.42. The normalized spacial score (nSPS) is 14.8. The van der Waals surface area contributed by atoms with E-state index in [2.05, 4.69) is 20.2 Å². The first kappa shape index (κ1) is 24.7. The molecule has 0 spiro atoms. The van der Waals surface area contributed by atoms with Gasteiger partial charge in [-0.15, -0.1) is 0 Å². The van der Waals surface area contributed by atoms with Crippen molar-refractivity contribution >= 4 is 35.0 Å². The van der Waals surface area contributed by atoms with E-state index in [9.17, 15) is 18.0 Å². The lowest BCUT2D eigenvalue weighted by atomic mass is 10.2. The monoisotopic (exact) mass is 487 g/mol. The first-order chi connectivity index (χ1) is 15.4. The molecule has 1 amide bonds. The third-order valence-electron chi connectivity index (χ3n) is 4.78. The van der Waals surface area contributed by atoms with Gasteiger partial charge in [-0.25, -0.2) is 14.8 Å². The van der Waals surface area contributed by atoms with E-state index in [1.807, 2.05) is 26.8 Å². The van der Waals surface area contributed by atoms with Crippen molar-refractivity contribution in [2.24, 2.45) is 0 Å². The predicted octanol–water partition coefficient (Wildman–Crippen LogP) is 4.96. The van der Waals surface area contributed by atoms with Gasteiger partial charge < -0.3 is 24.6 Å². The van der Waals surface area contributed by atoms with Gasteiger partial charge in [-0.2, -0.15) is 13.2 Å². The minimum absolute atomic E-state index is 0.0926. The van der Waals surface area contributed by atoms with Gasteiger partial charge in [-0.1, -0.05) is 11.6 Å². The molecule has 2 heterocycles. The average molecular weight is 488 g/mol. The first-order valence-electron chi connectivity index (χ1n) is 10.1. The van der Waals surface area contributed by atoms with Crippen molar-refractivity contribution in [3.8, 4) is 5.75 Å². The number of benzene rings is 1. The SMILES string of the molecule is COc1cc(N2CCN(C(=O)OC(C)(C)C)CC2)ccc1Nc1ncc(C(F)(F)F)c(Cl)n1. The Morgan fingerprint density at radius 2 is 1.82 bits per heavy atom. The Morgan fingerprint density at radius 1 is 1.15 bits per heavy atom. The third kappa shape index (κ3) is 6.31. The number of hydrogen-bond acceptors (Lipinski definition) is 7. The Balaban J connectivity index is 1.68. The molecule has 0 unspecified atom stereocenters. The molecular weight excluding hydrogens is 463 g/mol. The zero-order chi connectivity index (χ0) is 24.4. The van der Waals surface area contributed by atoms with Gasteiger partial charge in [0.05, 0.1) is 12.8 Å². The van der Waals surface area contributed by atoms with Crippen molar-refractivity contribution in [1.82, 2.24) is 14.9 Å². The molecule has 3 rings (SSSR count). The number of carbonyl (C=O) groups is 1. The van der Waals surface area contributed by atoms with E-state index >= 15 is 0 Å². The van der Waals surface area contributed by atoms with Crippen LogP contribution in [-0.4, -0.2) is 59.9 Å². The van der Waals surface area contributed by atoms with Crippen molar-refractivity contribution in [2.75, 3.05) is 43.5 Å². The number of nitrogens with zero attached hydrogens (tertiary/aromatic N) is 4. The number of anilines is 3. The van der Waals surface area contributed by atoms with Crippen LogP contribution >= 0.6 is 11.6 Å². The van der Waals surface area contributed by atoms with Crippen LogP contribution in [0.25, 0.3) is 0 Å². The van der Waals surface area contributed by atoms with Crippen molar-refractivity contribution in [3.63, 3.8) is 0 Å². The maximum absolute atomic E-state index is 12.8. The maximum Gasteiger partial charge on any atom is 0.420 e. The fraction of sp³-hybridized carbons (Fsp3) is 0.476. The number of rotatable bonds is 4. The molecule has 1 N–H and O–H groups in total. The number of alkyl halides is 3. The standard InChI is InChI=1S/C21H25ClF3N5O3/c1-20(2,3)33-19(31)30-9-7-29(8-10-30)13-5-6-15(16(11-13)32-4)27-18-26-12-14(17(22)28-18)21(23,24)25/h5-6,11-12H,7-10H2,1-4H3,(H,26,27,28). The molecule has 0 atom stereocenters. The molecule has 8 nitrogen and oxygen atoms in total. The zero-order valence-electron chi connectivity index (χ0n) is 18.7. The quantitative estimate of drug-likeness (QED) is 0.611. The van der Waals surface area contributed by atoms with Gasteiger partial charge in [-0.05, 0) is 32.9 Å². The predicted molar refractivity (Wildman–Crippen MR) is 118 cm³/mol. The van der Waals surface area contributed by atoms with Crippen molar-refractivity contribution in [1.29, 1.82) is 0 Å². The molecule has 1 aromatic carbocycles. The van der Waals surface area contributed by atoms with Crippen molar-refractivity contribution in [2.45, 2.75) is 32.5 Å². The summed E-state index contributed by atoms with van der Waals surface area (Å²) in [5, 5.41) is 2.13. The van der Waals surface area contributed by atoms with Gasteiger partial charge in [0, 0.05) is 44.1 Å². The number of aromatic nitrogens is 2. The highest BCUT2D eigenvalue weighted by atomic mass is 35.5. The second kappa shape index (κ2) is 9.50. The van der Waals surface area contributed by atoms with Gasteiger partial charge >= 0.3 is 12.3 Å². The van der Waals surface area contributed by atoms with E-state index in [0.717, 1.165) is 5.69 Å². The van der Waals surface area contributed by atoms with E-state index in [4.69, 9.17) is 21.1 Å². The number of hydrogen-bond donors (Lipinski definition) is 1. The van der Waals surface area contributed by atoms with Crippen LogP contribution in [-0.2, 0) is 10.9 Å². The maximum atomic E-state index is 12.8. The lowest BCUT2D eigenvalue weighted by Crippen LogP contribution is -2.50. The molecule has 0 bridgehead atoms. The average Bonchev–Trinajstić information content (AvgIpc) is 2.72. The lowest BCUT2D eigenvalue weighted by molar-refractivity contribution is -0.137. The lowest BCUT2D eigenvalue weighted by Gasteiger charge is -2.37. The van der Waals surface area contributed by atoms with Crippen LogP contribution in [0.2, 0.25) is 5.15 Å². The molecule has 0 radical (unpaired) electrons. The molecule has 12 heteroatoms. The van der Waals surface area contributed by atoms with Crippen LogP contribution in [0.4, 0.5) is 35.3 Å². The molecule has 1 aromatic heterocycles. The molecule has 1 aliphatic rings. The number of piperazine rings is 1. The van der Waals surface area contributed by atoms with Crippen LogP contribution in [0.15, 0.2) is 24.4 Å². The van der Waals surface area contributed by atoms with E-state index in [-0.39, 0.29) is 12.0 Å². The van der Waals surface area contributed by atoms with E-state index in [1.54, 1.807) is 17.0 Å². The highest BCUT2D eigenvalue weighted by molar-refractivity contribution is 6.30. The van der Waals surface area contributed by atoms with Gasteiger partial charge in [0.1, 0.15) is 22.1 Å². The molecule has 0 saturated carbocycles. The summed E-state index contributed by atoms with van der Waals surface area (Å²) in [5.41, 5.74) is -0.328. The zero-order valence-corrected chi connectivity index (χ0v) is 19.4. The topological polar surface area (TPSA) is 79.8 Å². The summed E-state index contributed by atoms with van der Waals surface area (Å²) in [6.07, 6.45) is -4.35. The number of ether oxygens (including phenoxy) is 2. The van der Waals surface area contributed by atoms with Crippen LogP contribution in [0.5, 0.6) is 5.75 Å². The number of amides is 1. The second-order valence-corrected chi connectivity index (χ2v) is 8.72. The minimum atomic E-state index is -4.64. The summed E-state index contributed by atoms with van der Waals surface area (Å²) in [5.74, 6) is 0.353. The molecule has 180 valence electrons. The van der Waals surface area contributed by atoms with Gasteiger partial charge in [0.25, 0.3) is 0 Å². The fourth-order valence-electron chi connectivity index (χ4n) is 3.19. The molecule has 1 fully saturated rings. The summed E-state index contributed by atoms with van der Waals surface area (Å²) < 4.78 is 49.4. The largest absolute Gasteiger partial charge is 0.494 e. The summed E-state index contributed by atoms with van der Waals surface area (Å²) >= 11 is 5.66. The summed E-state index contributed by atoms with van der Waals surface area (Å²) in [6.45, 7) is 7.70. The molecular formula is C21H25ClF3N5O3. The Morgan fingerprint density at radius 3 is 2.36 bits per heavy atom. The van der Waals surface area contributed by atoms with E-state index in [0.29, 0.717) is 43.8 Å². The van der Waals surface area contributed by atoms with Crippen LogP contribution in [0.1, 0.15) is 26.3 Å². The third-order valence-corrected chi connectivity index (χ3v) is 5.06. The molecule has 33 heavy (non-hydrogen) atoms. The Labute approximate surface area is 194 Å². The summed E-state index contributed by atoms with van der Waals surface area (Å²) in [6, 6.07) is 5.33. The van der Waals surface area contributed by atoms with Crippen molar-refractivity contribution in [3.05, 3.63) is 35.1 Å². The molecule has 1 saturated heterocycles. The smallest absolute Gasteiger partial charge is 0.420 e.